The molecule has 0 radical (unpaired) electrons. The molecule has 1 unspecified atom stereocenters. The van der Waals surface area contributed by atoms with Gasteiger partial charge in [-0.3, -0.25) is 19.3 Å². The molecule has 172 valence electrons. The molecule has 0 saturated heterocycles. The Balaban J connectivity index is 2.01. The molecule has 2 N–H and O–H groups in total. The van der Waals surface area contributed by atoms with Crippen LogP contribution in [-0.4, -0.2) is 29.8 Å². The van der Waals surface area contributed by atoms with Gasteiger partial charge in [-0.05, 0) is 49.9 Å². The van der Waals surface area contributed by atoms with Crippen LogP contribution in [0.1, 0.15) is 42.0 Å². The normalized spacial score (nSPS) is 12.0. The minimum Gasteiger partial charge on any atom is -0.349 e. The van der Waals surface area contributed by atoms with Gasteiger partial charge < -0.3 is 10.6 Å². The van der Waals surface area contributed by atoms with Crippen LogP contribution < -0.4 is 15.5 Å². The summed E-state index contributed by atoms with van der Waals surface area (Å²) in [7, 11) is 0. The fraction of sp³-hybridized carbons (Fsp3) is 0.240. The third-order valence-corrected chi connectivity index (χ3v) is 5.83. The number of amides is 3. The Morgan fingerprint density at radius 1 is 0.970 bits per heavy atom. The van der Waals surface area contributed by atoms with E-state index in [1.165, 1.54) is 16.2 Å². The molecule has 2 aromatic carbocycles. The van der Waals surface area contributed by atoms with Crippen LogP contribution in [0.4, 0.5) is 5.69 Å². The molecular weight excluding hydrogens is 458 g/mol. The minimum atomic E-state index is -0.989. The second kappa shape index (κ2) is 10.6. The van der Waals surface area contributed by atoms with Crippen LogP contribution in [0.5, 0.6) is 0 Å². The van der Waals surface area contributed by atoms with E-state index < -0.39 is 17.5 Å². The van der Waals surface area contributed by atoms with Gasteiger partial charge in [-0.1, -0.05) is 60.1 Å². The molecule has 3 aromatic rings. The predicted molar refractivity (Wildman–Crippen MR) is 133 cm³/mol. The summed E-state index contributed by atoms with van der Waals surface area (Å²) in [5.74, 6) is -1.18. The van der Waals surface area contributed by atoms with E-state index in [4.69, 9.17) is 11.6 Å². The Morgan fingerprint density at radius 3 is 2.24 bits per heavy atom. The summed E-state index contributed by atoms with van der Waals surface area (Å²) in [6.45, 7) is 5.32. The third kappa shape index (κ3) is 6.43. The highest BCUT2D eigenvalue weighted by Gasteiger charge is 2.35. The lowest BCUT2D eigenvalue weighted by molar-refractivity contribution is -0.127. The first-order chi connectivity index (χ1) is 15.7. The zero-order valence-electron chi connectivity index (χ0n) is 18.7. The van der Waals surface area contributed by atoms with Gasteiger partial charge in [0.05, 0.1) is 22.1 Å². The lowest BCUT2D eigenvalue weighted by Crippen LogP contribution is -2.51. The van der Waals surface area contributed by atoms with Gasteiger partial charge in [-0.15, -0.1) is 11.3 Å². The number of anilines is 1. The van der Waals surface area contributed by atoms with Crippen LogP contribution in [0.2, 0.25) is 5.02 Å². The van der Waals surface area contributed by atoms with Crippen molar-refractivity contribution < 1.29 is 14.4 Å². The molecule has 8 heteroatoms. The van der Waals surface area contributed by atoms with Crippen molar-refractivity contribution in [3.05, 3.63) is 87.6 Å². The number of para-hydroxylation sites is 1. The summed E-state index contributed by atoms with van der Waals surface area (Å²) < 4.78 is 0. The number of benzene rings is 2. The van der Waals surface area contributed by atoms with Gasteiger partial charge in [0.1, 0.15) is 6.04 Å². The molecule has 0 spiro atoms. The molecule has 0 aliphatic rings. The highest BCUT2D eigenvalue weighted by atomic mass is 35.5. The molecule has 0 aliphatic heterocycles. The van der Waals surface area contributed by atoms with Crippen LogP contribution in [0.3, 0.4) is 0 Å². The first kappa shape index (κ1) is 24.5. The van der Waals surface area contributed by atoms with Crippen LogP contribution in [0.15, 0.2) is 72.1 Å². The molecule has 1 heterocycles. The highest BCUT2D eigenvalue weighted by molar-refractivity contribution is 7.12. The van der Waals surface area contributed by atoms with Crippen molar-refractivity contribution in [1.29, 1.82) is 0 Å². The molecule has 3 amide bonds. The van der Waals surface area contributed by atoms with E-state index in [9.17, 15) is 14.4 Å². The van der Waals surface area contributed by atoms with E-state index in [1.54, 1.807) is 66.0 Å². The summed E-state index contributed by atoms with van der Waals surface area (Å²) in [5, 5.41) is 7.73. The lowest BCUT2D eigenvalue weighted by atomic mass is 10.0. The summed E-state index contributed by atoms with van der Waals surface area (Å²) in [4.78, 5) is 41.3. The van der Waals surface area contributed by atoms with Crippen LogP contribution in [0, 0.1) is 0 Å². The van der Waals surface area contributed by atoms with E-state index in [-0.39, 0.29) is 18.4 Å². The van der Waals surface area contributed by atoms with Gasteiger partial charge in [-0.2, -0.15) is 0 Å². The first-order valence-corrected chi connectivity index (χ1v) is 11.7. The van der Waals surface area contributed by atoms with Crippen molar-refractivity contribution in [2.24, 2.45) is 0 Å². The number of halogens is 1. The number of thiophene rings is 1. The van der Waals surface area contributed by atoms with Crippen LogP contribution in [-0.2, 0) is 9.59 Å². The van der Waals surface area contributed by atoms with Crippen molar-refractivity contribution >= 4 is 46.3 Å². The molecule has 1 aromatic heterocycles. The maximum atomic E-state index is 13.5. The molecule has 33 heavy (non-hydrogen) atoms. The Labute approximate surface area is 202 Å². The largest absolute Gasteiger partial charge is 0.349 e. The quantitative estimate of drug-likeness (QED) is 0.505. The predicted octanol–water partition coefficient (Wildman–Crippen LogP) is 4.82. The number of nitrogens with one attached hydrogen (secondary N) is 2. The van der Waals surface area contributed by atoms with E-state index in [1.807, 2.05) is 26.8 Å². The zero-order valence-corrected chi connectivity index (χ0v) is 20.2. The Kier molecular flexibility index (Phi) is 7.89. The lowest BCUT2D eigenvalue weighted by Gasteiger charge is -2.34. The molecule has 1 atom stereocenters. The first-order valence-electron chi connectivity index (χ1n) is 10.4. The average Bonchev–Trinajstić information content (AvgIpc) is 3.30. The van der Waals surface area contributed by atoms with Gasteiger partial charge in [0.15, 0.2) is 0 Å². The van der Waals surface area contributed by atoms with E-state index in [2.05, 4.69) is 10.6 Å². The van der Waals surface area contributed by atoms with Crippen molar-refractivity contribution in [2.75, 3.05) is 11.4 Å². The van der Waals surface area contributed by atoms with Crippen LogP contribution >= 0.6 is 22.9 Å². The second-order valence-electron chi connectivity index (χ2n) is 8.43. The summed E-state index contributed by atoms with van der Waals surface area (Å²) in [5.41, 5.74) is 0.483. The Bertz CT molecular complexity index is 1110. The Morgan fingerprint density at radius 2 is 1.64 bits per heavy atom. The van der Waals surface area contributed by atoms with Crippen molar-refractivity contribution in [3.63, 3.8) is 0 Å². The monoisotopic (exact) mass is 483 g/mol. The van der Waals surface area contributed by atoms with Gasteiger partial charge >= 0.3 is 0 Å². The van der Waals surface area contributed by atoms with Gasteiger partial charge in [0.2, 0.25) is 11.8 Å². The number of hydrogen-bond acceptors (Lipinski definition) is 4. The number of carbonyl (C=O) groups excluding carboxylic acids is 3. The SMILES string of the molecule is CC(C)(C)NC(=O)C(c1ccccc1)N(C(=O)CNC(=O)c1cccs1)c1ccccc1Cl. The molecule has 0 fully saturated rings. The standard InChI is InChI=1S/C25H26ClN3O3S/c1-25(2,3)28-24(32)22(17-10-5-4-6-11-17)29(19-13-8-7-12-18(19)26)21(30)16-27-23(31)20-14-9-15-33-20/h4-15,22H,16H2,1-3H3,(H,27,31)(H,28,32). The topological polar surface area (TPSA) is 78.5 Å². The number of nitrogens with zero attached hydrogens (tertiary/aromatic N) is 1. The highest BCUT2D eigenvalue weighted by Crippen LogP contribution is 2.33. The molecule has 0 aliphatic carbocycles. The van der Waals surface area contributed by atoms with E-state index in [0.29, 0.717) is 21.2 Å². The maximum Gasteiger partial charge on any atom is 0.261 e. The average molecular weight is 484 g/mol. The molecule has 0 saturated carbocycles. The number of hydrogen-bond donors (Lipinski definition) is 2. The fourth-order valence-corrected chi connectivity index (χ4v) is 4.16. The summed E-state index contributed by atoms with van der Waals surface area (Å²) in [6, 6.07) is 18.3. The molecule has 6 nitrogen and oxygen atoms in total. The van der Waals surface area contributed by atoms with Gasteiger partial charge in [-0.25, -0.2) is 0 Å². The van der Waals surface area contributed by atoms with Crippen molar-refractivity contribution in [3.8, 4) is 0 Å². The third-order valence-electron chi connectivity index (χ3n) is 4.65. The van der Waals surface area contributed by atoms with Gasteiger partial charge in [0.25, 0.3) is 5.91 Å². The molecular formula is C25H26ClN3O3S. The molecule has 0 bridgehead atoms. The smallest absolute Gasteiger partial charge is 0.261 e. The van der Waals surface area contributed by atoms with E-state index >= 15 is 0 Å². The summed E-state index contributed by atoms with van der Waals surface area (Å²) in [6.07, 6.45) is 0. The maximum absolute atomic E-state index is 13.5. The fourth-order valence-electron chi connectivity index (χ4n) is 3.29. The summed E-state index contributed by atoms with van der Waals surface area (Å²) >= 11 is 7.75. The number of carbonyl (C=O) groups is 3. The van der Waals surface area contributed by atoms with Gasteiger partial charge in [0, 0.05) is 5.54 Å². The van der Waals surface area contributed by atoms with Crippen molar-refractivity contribution in [2.45, 2.75) is 32.4 Å². The van der Waals surface area contributed by atoms with E-state index in [0.717, 1.165) is 0 Å². The zero-order chi connectivity index (χ0) is 24.0. The minimum absolute atomic E-state index is 0.298. The van der Waals surface area contributed by atoms with Crippen LogP contribution in [0.25, 0.3) is 0 Å². The van der Waals surface area contributed by atoms with Crippen molar-refractivity contribution in [1.82, 2.24) is 10.6 Å². The number of rotatable bonds is 7. The molecule has 3 rings (SSSR count). The Hall–Kier alpha value is -3.16. The second-order valence-corrected chi connectivity index (χ2v) is 9.78.